The van der Waals surface area contributed by atoms with E-state index in [0.717, 1.165) is 49.2 Å². The quantitative estimate of drug-likeness (QED) is 0.158. The molecule has 1 aliphatic heterocycles. The summed E-state index contributed by atoms with van der Waals surface area (Å²) in [5.74, 6) is 0. The molecule has 0 saturated carbocycles. The molecule has 0 atom stereocenters. The van der Waals surface area contributed by atoms with Crippen LogP contribution in [0, 0.1) is 41.5 Å². The average Bonchev–Trinajstić information content (AvgIpc) is 3.06. The first-order chi connectivity index (χ1) is 22.1. The van der Waals surface area contributed by atoms with E-state index in [9.17, 15) is 0 Å². The van der Waals surface area contributed by atoms with Crippen molar-refractivity contribution in [2.75, 3.05) is 18.0 Å². The number of aryl methyl sites for hydroxylation is 4. The maximum absolute atomic E-state index is 4.78. The van der Waals surface area contributed by atoms with Gasteiger partial charge in [0.15, 0.2) is 0 Å². The number of piperidine rings is 1. The highest BCUT2D eigenvalue weighted by molar-refractivity contribution is 9.10. The third-order valence-electron chi connectivity index (χ3n) is 10.1. The van der Waals surface area contributed by atoms with Gasteiger partial charge in [0.2, 0.25) is 0 Å². The Hall–Kier alpha value is -3.15. The molecule has 0 radical (unpaired) electrons. The van der Waals surface area contributed by atoms with Crippen LogP contribution in [0.5, 0.6) is 0 Å². The summed E-state index contributed by atoms with van der Waals surface area (Å²) < 4.78 is 1.11. The standard InChI is InChI=1S/C42H46BrN3.2ClH/c1-28-20-37(21-29(2)32(28)5)36-9-7-8-34(24-36)26-45-18-15-41(16-19-45)46(40-12-10-39(43)11-13-40)27-35-14-17-44-42(25-35)38-22-30(3)33(6)31(4)23-38;;/h7-14,17,20-25,41H,15-16,18-19,26-27H2,1-6H3;2*1H. The molecule has 1 saturated heterocycles. The van der Waals surface area contributed by atoms with E-state index in [-0.39, 0.29) is 24.8 Å². The number of hydrogen-bond donors (Lipinski definition) is 0. The van der Waals surface area contributed by atoms with Crippen molar-refractivity contribution >= 4 is 46.4 Å². The van der Waals surface area contributed by atoms with Gasteiger partial charge < -0.3 is 4.90 Å². The predicted octanol–water partition coefficient (Wildman–Crippen LogP) is 11.5. The second kappa shape index (κ2) is 16.5. The predicted molar refractivity (Wildman–Crippen MR) is 213 cm³/mol. The number of anilines is 1. The third kappa shape index (κ3) is 8.71. The van der Waals surface area contributed by atoms with E-state index < -0.39 is 0 Å². The normalized spacial score (nSPS) is 13.5. The van der Waals surface area contributed by atoms with Crippen LogP contribution in [0.4, 0.5) is 5.69 Å². The molecule has 4 aromatic carbocycles. The van der Waals surface area contributed by atoms with Crippen LogP contribution in [0.1, 0.15) is 57.3 Å². The smallest absolute Gasteiger partial charge is 0.0705 e. The van der Waals surface area contributed by atoms with Crippen LogP contribution in [0.15, 0.2) is 95.6 Å². The zero-order valence-electron chi connectivity index (χ0n) is 29.0. The fourth-order valence-corrected chi connectivity index (χ4v) is 7.14. The van der Waals surface area contributed by atoms with Crippen LogP contribution in [0.2, 0.25) is 0 Å². The summed E-state index contributed by atoms with van der Waals surface area (Å²) in [5.41, 5.74) is 16.9. The zero-order chi connectivity index (χ0) is 32.4. The van der Waals surface area contributed by atoms with Gasteiger partial charge in [0.05, 0.1) is 5.69 Å². The van der Waals surface area contributed by atoms with Gasteiger partial charge in [-0.2, -0.15) is 0 Å². The van der Waals surface area contributed by atoms with E-state index in [1.54, 1.807) is 0 Å². The summed E-state index contributed by atoms with van der Waals surface area (Å²) in [6.07, 6.45) is 4.26. The molecular weight excluding hydrogens is 697 g/mol. The molecule has 0 spiro atoms. The molecule has 3 nitrogen and oxygen atoms in total. The number of halogens is 3. The maximum atomic E-state index is 4.78. The summed E-state index contributed by atoms with van der Waals surface area (Å²) in [4.78, 5) is 10.0. The van der Waals surface area contributed by atoms with Gasteiger partial charge >= 0.3 is 0 Å². The first-order valence-electron chi connectivity index (χ1n) is 16.6. The van der Waals surface area contributed by atoms with E-state index in [4.69, 9.17) is 4.98 Å². The van der Waals surface area contributed by atoms with Crippen molar-refractivity contribution < 1.29 is 0 Å². The Balaban J connectivity index is 0.00000260. The highest BCUT2D eigenvalue weighted by atomic mass is 79.9. The van der Waals surface area contributed by atoms with Crippen LogP contribution in [0.3, 0.4) is 0 Å². The summed E-state index contributed by atoms with van der Waals surface area (Å²) in [6.45, 7) is 17.3. The molecular formula is C42H48BrCl2N3. The van der Waals surface area contributed by atoms with E-state index in [1.165, 1.54) is 66.9 Å². The van der Waals surface area contributed by atoms with Crippen LogP contribution in [0.25, 0.3) is 22.4 Å². The topological polar surface area (TPSA) is 19.4 Å². The number of hydrogen-bond acceptors (Lipinski definition) is 3. The second-order valence-electron chi connectivity index (χ2n) is 13.3. The molecule has 0 aliphatic carbocycles. The van der Waals surface area contributed by atoms with Crippen molar-refractivity contribution in [1.29, 1.82) is 0 Å². The molecule has 1 fully saturated rings. The first-order valence-corrected chi connectivity index (χ1v) is 17.4. The largest absolute Gasteiger partial charge is 0.364 e. The Kier molecular flexibility index (Phi) is 12.9. The molecule has 5 aromatic rings. The zero-order valence-corrected chi connectivity index (χ0v) is 32.2. The van der Waals surface area contributed by atoms with Gasteiger partial charge in [0.1, 0.15) is 0 Å². The Morgan fingerprint density at radius 1 is 0.667 bits per heavy atom. The fourth-order valence-electron chi connectivity index (χ4n) is 6.87. The summed E-state index contributed by atoms with van der Waals surface area (Å²) in [7, 11) is 0. The first kappa shape index (κ1) is 37.7. The van der Waals surface area contributed by atoms with E-state index in [1.807, 2.05) is 6.20 Å². The van der Waals surface area contributed by atoms with E-state index in [0.29, 0.717) is 6.04 Å². The van der Waals surface area contributed by atoms with Crippen molar-refractivity contribution in [1.82, 2.24) is 9.88 Å². The Morgan fingerprint density at radius 2 is 1.25 bits per heavy atom. The highest BCUT2D eigenvalue weighted by Crippen LogP contribution is 2.31. The van der Waals surface area contributed by atoms with Gasteiger partial charge in [-0.25, -0.2) is 0 Å². The van der Waals surface area contributed by atoms with Crippen LogP contribution in [-0.2, 0) is 13.1 Å². The summed E-state index contributed by atoms with van der Waals surface area (Å²) in [5, 5.41) is 0. The second-order valence-corrected chi connectivity index (χ2v) is 14.2. The number of aromatic nitrogens is 1. The Bertz CT molecular complexity index is 1800. The van der Waals surface area contributed by atoms with Crippen molar-refractivity contribution in [2.45, 2.75) is 73.5 Å². The lowest BCUT2D eigenvalue weighted by molar-refractivity contribution is 0.201. The van der Waals surface area contributed by atoms with Gasteiger partial charge in [-0.1, -0.05) is 46.3 Å². The third-order valence-corrected chi connectivity index (χ3v) is 10.7. The molecule has 0 unspecified atom stereocenters. The maximum Gasteiger partial charge on any atom is 0.0705 e. The number of benzene rings is 4. The lowest BCUT2D eigenvalue weighted by Gasteiger charge is -2.40. The van der Waals surface area contributed by atoms with E-state index in [2.05, 4.69) is 152 Å². The molecule has 1 aliphatic rings. The van der Waals surface area contributed by atoms with Gasteiger partial charge in [0, 0.05) is 54.1 Å². The molecule has 6 heteroatoms. The average molecular weight is 746 g/mol. The van der Waals surface area contributed by atoms with Crippen LogP contribution >= 0.6 is 40.7 Å². The molecule has 0 N–H and O–H groups in total. The number of pyridine rings is 1. The Labute approximate surface area is 308 Å². The molecule has 6 rings (SSSR count). The molecule has 252 valence electrons. The van der Waals surface area contributed by atoms with Crippen molar-refractivity contribution in [3.63, 3.8) is 0 Å². The summed E-state index contributed by atoms with van der Waals surface area (Å²) in [6, 6.07) is 32.1. The van der Waals surface area contributed by atoms with Gasteiger partial charge in [-0.05, 0) is 165 Å². The minimum atomic E-state index is 0. The lowest BCUT2D eigenvalue weighted by Crippen LogP contribution is -2.44. The number of rotatable bonds is 8. The fraction of sp³-hybridized carbons (Fsp3) is 0.310. The summed E-state index contributed by atoms with van der Waals surface area (Å²) >= 11 is 3.65. The van der Waals surface area contributed by atoms with Crippen molar-refractivity contribution in [2.24, 2.45) is 0 Å². The minimum absolute atomic E-state index is 0. The van der Waals surface area contributed by atoms with Gasteiger partial charge in [-0.3, -0.25) is 9.88 Å². The number of nitrogens with zero attached hydrogens (tertiary/aromatic N) is 3. The lowest BCUT2D eigenvalue weighted by atomic mass is 9.95. The molecule has 1 aromatic heterocycles. The van der Waals surface area contributed by atoms with Gasteiger partial charge in [-0.15, -0.1) is 24.8 Å². The van der Waals surface area contributed by atoms with Crippen molar-refractivity contribution in [3.05, 3.63) is 140 Å². The van der Waals surface area contributed by atoms with Crippen LogP contribution in [-0.4, -0.2) is 29.0 Å². The monoisotopic (exact) mass is 743 g/mol. The SMILES string of the molecule is Cc1cc(-c2cccc(CN3CCC(N(Cc4ccnc(-c5cc(C)c(C)c(C)c5)c4)c4ccc(Br)cc4)CC3)c2)cc(C)c1C.Cl.Cl. The van der Waals surface area contributed by atoms with Crippen LogP contribution < -0.4 is 4.90 Å². The minimum Gasteiger partial charge on any atom is -0.364 e. The molecule has 2 heterocycles. The van der Waals surface area contributed by atoms with E-state index >= 15 is 0 Å². The Morgan fingerprint density at radius 3 is 1.85 bits per heavy atom. The molecule has 0 amide bonds. The van der Waals surface area contributed by atoms with Gasteiger partial charge in [0.25, 0.3) is 0 Å². The number of likely N-dealkylation sites (tertiary alicyclic amines) is 1. The highest BCUT2D eigenvalue weighted by Gasteiger charge is 2.25. The molecule has 0 bridgehead atoms. The molecule has 48 heavy (non-hydrogen) atoms. The van der Waals surface area contributed by atoms with Crippen molar-refractivity contribution in [3.8, 4) is 22.4 Å².